The highest BCUT2D eigenvalue weighted by molar-refractivity contribution is 5.86. The van der Waals surface area contributed by atoms with Crippen LogP contribution in [0.3, 0.4) is 0 Å². The number of pyridine rings is 2. The van der Waals surface area contributed by atoms with Gasteiger partial charge in [0.05, 0.1) is 18.3 Å². The van der Waals surface area contributed by atoms with Crippen molar-refractivity contribution in [2.45, 2.75) is 19.8 Å². The minimum atomic E-state index is 0.0527. The second-order valence-corrected chi connectivity index (χ2v) is 5.94. The van der Waals surface area contributed by atoms with Crippen LogP contribution in [0, 0.1) is 6.92 Å². The van der Waals surface area contributed by atoms with E-state index in [0.29, 0.717) is 12.3 Å². The van der Waals surface area contributed by atoms with Gasteiger partial charge in [0.25, 0.3) is 0 Å². The number of rotatable bonds is 5. The highest BCUT2D eigenvalue weighted by Crippen LogP contribution is 2.26. The standard InChI is InChI=1S/C20H21N3O2/c1-13-10-18(15-8-9-22-20(12-15)25-3)23-17-6-4-14(11-16(13)17)5-7-19(24)21-2/h4,6,8-12H,5,7H2,1-3H3,(H,21,24). The smallest absolute Gasteiger partial charge is 0.220 e. The molecule has 5 nitrogen and oxygen atoms in total. The van der Waals surface area contributed by atoms with Crippen molar-refractivity contribution in [1.29, 1.82) is 0 Å². The zero-order chi connectivity index (χ0) is 17.8. The zero-order valence-corrected chi connectivity index (χ0v) is 14.7. The Hall–Kier alpha value is -2.95. The van der Waals surface area contributed by atoms with Crippen LogP contribution in [-0.4, -0.2) is 30.0 Å². The molecule has 128 valence electrons. The van der Waals surface area contributed by atoms with Gasteiger partial charge in [-0.2, -0.15) is 0 Å². The van der Waals surface area contributed by atoms with Gasteiger partial charge in [0.1, 0.15) is 0 Å². The van der Waals surface area contributed by atoms with Crippen LogP contribution in [0.15, 0.2) is 42.6 Å². The van der Waals surface area contributed by atoms with Gasteiger partial charge in [0.2, 0.25) is 11.8 Å². The molecule has 3 rings (SSSR count). The molecule has 0 fully saturated rings. The van der Waals surface area contributed by atoms with E-state index in [-0.39, 0.29) is 5.91 Å². The van der Waals surface area contributed by atoms with Crippen molar-refractivity contribution in [3.8, 4) is 17.1 Å². The number of nitrogens with zero attached hydrogens (tertiary/aromatic N) is 2. The summed E-state index contributed by atoms with van der Waals surface area (Å²) in [6, 6.07) is 12.1. The molecule has 0 unspecified atom stereocenters. The Bertz CT molecular complexity index is 922. The van der Waals surface area contributed by atoms with Gasteiger partial charge in [-0.3, -0.25) is 4.79 Å². The zero-order valence-electron chi connectivity index (χ0n) is 14.7. The highest BCUT2D eigenvalue weighted by Gasteiger charge is 2.08. The number of carbonyl (C=O) groups excluding carboxylic acids is 1. The number of benzene rings is 1. The number of hydrogen-bond donors (Lipinski definition) is 1. The molecule has 1 N–H and O–H groups in total. The molecule has 0 atom stereocenters. The van der Waals surface area contributed by atoms with Gasteiger partial charge in [0, 0.05) is 36.7 Å². The molecule has 0 aliphatic carbocycles. The summed E-state index contributed by atoms with van der Waals surface area (Å²) in [5.41, 5.74) is 5.09. The maximum absolute atomic E-state index is 11.4. The summed E-state index contributed by atoms with van der Waals surface area (Å²) in [7, 11) is 3.26. The van der Waals surface area contributed by atoms with Crippen LogP contribution >= 0.6 is 0 Å². The SMILES string of the molecule is CNC(=O)CCc1ccc2nc(-c3ccnc(OC)c3)cc(C)c2c1. The van der Waals surface area contributed by atoms with E-state index in [4.69, 9.17) is 9.72 Å². The Kier molecular flexibility index (Phi) is 4.93. The molecule has 0 bridgehead atoms. The van der Waals surface area contributed by atoms with E-state index in [1.165, 1.54) is 0 Å². The molecular formula is C20H21N3O2. The Morgan fingerprint density at radius 3 is 2.80 bits per heavy atom. The van der Waals surface area contributed by atoms with Gasteiger partial charge in [-0.05, 0) is 48.7 Å². The van der Waals surface area contributed by atoms with Gasteiger partial charge in [-0.25, -0.2) is 9.97 Å². The molecule has 0 radical (unpaired) electrons. The van der Waals surface area contributed by atoms with Gasteiger partial charge < -0.3 is 10.1 Å². The lowest BCUT2D eigenvalue weighted by Gasteiger charge is -2.09. The number of amides is 1. The topological polar surface area (TPSA) is 64.1 Å². The number of aromatic nitrogens is 2. The number of methoxy groups -OCH3 is 1. The summed E-state index contributed by atoms with van der Waals surface area (Å²) in [4.78, 5) is 20.3. The molecule has 0 aliphatic heterocycles. The molecular weight excluding hydrogens is 314 g/mol. The Labute approximate surface area is 147 Å². The van der Waals surface area contributed by atoms with Crippen LogP contribution in [0.2, 0.25) is 0 Å². The molecule has 2 aromatic heterocycles. The van der Waals surface area contributed by atoms with Gasteiger partial charge in [-0.15, -0.1) is 0 Å². The minimum Gasteiger partial charge on any atom is -0.481 e. The molecule has 0 aliphatic rings. The third-order valence-corrected chi connectivity index (χ3v) is 4.24. The molecule has 1 aromatic carbocycles. The lowest BCUT2D eigenvalue weighted by molar-refractivity contribution is -0.120. The average Bonchev–Trinajstić information content (AvgIpc) is 2.66. The van der Waals surface area contributed by atoms with Crippen molar-refractivity contribution in [3.63, 3.8) is 0 Å². The fraction of sp³-hybridized carbons (Fsp3) is 0.250. The number of nitrogens with one attached hydrogen (secondary N) is 1. The quantitative estimate of drug-likeness (QED) is 0.777. The lowest BCUT2D eigenvalue weighted by atomic mass is 10.0. The highest BCUT2D eigenvalue weighted by atomic mass is 16.5. The van der Waals surface area contributed by atoms with E-state index in [2.05, 4.69) is 29.4 Å². The predicted octanol–water partition coefficient (Wildman–Crippen LogP) is 3.29. The van der Waals surface area contributed by atoms with Crippen LogP contribution in [0.4, 0.5) is 0 Å². The number of ether oxygens (including phenoxy) is 1. The molecule has 5 heteroatoms. The van der Waals surface area contributed by atoms with Crippen molar-refractivity contribution in [2.75, 3.05) is 14.2 Å². The average molecular weight is 335 g/mol. The van der Waals surface area contributed by atoms with E-state index in [1.54, 1.807) is 20.4 Å². The first-order valence-corrected chi connectivity index (χ1v) is 8.22. The van der Waals surface area contributed by atoms with Gasteiger partial charge >= 0.3 is 0 Å². The first-order valence-electron chi connectivity index (χ1n) is 8.22. The summed E-state index contributed by atoms with van der Waals surface area (Å²) >= 11 is 0. The number of hydrogen-bond acceptors (Lipinski definition) is 4. The fourth-order valence-electron chi connectivity index (χ4n) is 2.81. The van der Waals surface area contributed by atoms with E-state index >= 15 is 0 Å². The van der Waals surface area contributed by atoms with E-state index in [1.807, 2.05) is 24.3 Å². The number of aryl methyl sites for hydroxylation is 2. The van der Waals surface area contributed by atoms with E-state index in [9.17, 15) is 4.79 Å². The second kappa shape index (κ2) is 7.30. The molecule has 1 amide bonds. The van der Waals surface area contributed by atoms with E-state index in [0.717, 1.165) is 39.7 Å². The maximum Gasteiger partial charge on any atom is 0.220 e. The molecule has 0 saturated heterocycles. The van der Waals surface area contributed by atoms with Crippen molar-refractivity contribution >= 4 is 16.8 Å². The van der Waals surface area contributed by atoms with Gasteiger partial charge in [-0.1, -0.05) is 6.07 Å². The first-order chi connectivity index (χ1) is 12.1. The Morgan fingerprint density at radius 2 is 2.04 bits per heavy atom. The largest absolute Gasteiger partial charge is 0.481 e. The van der Waals surface area contributed by atoms with Crippen LogP contribution in [-0.2, 0) is 11.2 Å². The lowest BCUT2D eigenvalue weighted by Crippen LogP contribution is -2.17. The third kappa shape index (κ3) is 3.76. The third-order valence-electron chi connectivity index (χ3n) is 4.24. The first kappa shape index (κ1) is 16.9. The molecule has 0 spiro atoms. The van der Waals surface area contributed by atoms with Crippen molar-refractivity contribution in [2.24, 2.45) is 0 Å². The Morgan fingerprint density at radius 1 is 1.20 bits per heavy atom. The van der Waals surface area contributed by atoms with Crippen molar-refractivity contribution in [3.05, 3.63) is 53.7 Å². The number of fused-ring (bicyclic) bond motifs is 1. The van der Waals surface area contributed by atoms with Gasteiger partial charge in [0.15, 0.2) is 0 Å². The number of carbonyl (C=O) groups is 1. The van der Waals surface area contributed by atoms with Crippen LogP contribution < -0.4 is 10.1 Å². The van der Waals surface area contributed by atoms with E-state index < -0.39 is 0 Å². The second-order valence-electron chi connectivity index (χ2n) is 5.94. The molecule has 2 heterocycles. The Balaban J connectivity index is 1.95. The van der Waals surface area contributed by atoms with Crippen LogP contribution in [0.25, 0.3) is 22.2 Å². The summed E-state index contributed by atoms with van der Waals surface area (Å²) in [6.45, 7) is 2.08. The summed E-state index contributed by atoms with van der Waals surface area (Å²) in [5.74, 6) is 0.624. The predicted molar refractivity (Wildman–Crippen MR) is 98.7 cm³/mol. The molecule has 25 heavy (non-hydrogen) atoms. The minimum absolute atomic E-state index is 0.0527. The maximum atomic E-state index is 11.4. The summed E-state index contributed by atoms with van der Waals surface area (Å²) < 4.78 is 5.19. The summed E-state index contributed by atoms with van der Waals surface area (Å²) in [5, 5.41) is 3.76. The summed E-state index contributed by atoms with van der Waals surface area (Å²) in [6.07, 6.45) is 2.93. The normalized spacial score (nSPS) is 10.7. The molecule has 0 saturated carbocycles. The van der Waals surface area contributed by atoms with Crippen molar-refractivity contribution in [1.82, 2.24) is 15.3 Å². The molecule has 3 aromatic rings. The van der Waals surface area contributed by atoms with Crippen LogP contribution in [0.1, 0.15) is 17.5 Å². The van der Waals surface area contributed by atoms with Crippen molar-refractivity contribution < 1.29 is 9.53 Å². The fourth-order valence-corrected chi connectivity index (χ4v) is 2.81. The monoisotopic (exact) mass is 335 g/mol. The van der Waals surface area contributed by atoms with Crippen LogP contribution in [0.5, 0.6) is 5.88 Å².